The average Bonchev–Trinajstić information content (AvgIpc) is 3.30. The van der Waals surface area contributed by atoms with Crippen molar-refractivity contribution < 1.29 is 14.2 Å². The maximum absolute atomic E-state index is 5.95. The van der Waals surface area contributed by atoms with Gasteiger partial charge in [-0.05, 0) is 37.1 Å². The lowest BCUT2D eigenvalue weighted by Gasteiger charge is -2.15. The van der Waals surface area contributed by atoms with Gasteiger partial charge in [0.25, 0.3) is 0 Å². The van der Waals surface area contributed by atoms with E-state index in [4.69, 9.17) is 19.2 Å². The first-order valence-electron chi connectivity index (χ1n) is 8.69. The van der Waals surface area contributed by atoms with Gasteiger partial charge in [0.1, 0.15) is 18.5 Å². The Morgan fingerprint density at radius 2 is 1.92 bits per heavy atom. The van der Waals surface area contributed by atoms with Gasteiger partial charge in [-0.1, -0.05) is 24.3 Å². The van der Waals surface area contributed by atoms with Crippen LogP contribution < -0.4 is 9.47 Å². The van der Waals surface area contributed by atoms with Crippen molar-refractivity contribution in [2.45, 2.75) is 25.5 Å². The Morgan fingerprint density at radius 1 is 1.12 bits per heavy atom. The van der Waals surface area contributed by atoms with E-state index in [0.717, 1.165) is 47.8 Å². The summed E-state index contributed by atoms with van der Waals surface area (Å²) in [5, 5.41) is 0. The smallest absolute Gasteiger partial charge is 0.161 e. The fourth-order valence-electron chi connectivity index (χ4n) is 3.34. The number of para-hydroxylation sites is 4. The van der Waals surface area contributed by atoms with Crippen molar-refractivity contribution in [1.29, 1.82) is 0 Å². The summed E-state index contributed by atoms with van der Waals surface area (Å²) in [6, 6.07) is 15.9. The Kier molecular flexibility index (Phi) is 4.57. The van der Waals surface area contributed by atoms with Gasteiger partial charge in [-0.2, -0.15) is 0 Å². The lowest BCUT2D eigenvalue weighted by atomic mass is 10.2. The van der Waals surface area contributed by atoms with E-state index >= 15 is 0 Å². The standard InChI is InChI=1S/C20H22N2O3/c1-23-17-9-4-5-10-18(17)25-14-12-22-16-8-3-2-7-15(16)21-20(22)19-11-6-13-24-19/h2-5,7-10,19H,6,11-14H2,1H3. The minimum Gasteiger partial charge on any atom is -0.493 e. The molecule has 0 aliphatic carbocycles. The Labute approximate surface area is 147 Å². The van der Waals surface area contributed by atoms with E-state index in [1.54, 1.807) is 7.11 Å². The molecule has 0 spiro atoms. The maximum atomic E-state index is 5.95. The van der Waals surface area contributed by atoms with Crippen LogP contribution in [0.25, 0.3) is 11.0 Å². The molecule has 4 rings (SSSR count). The van der Waals surface area contributed by atoms with Gasteiger partial charge in [0.05, 0.1) is 24.7 Å². The zero-order valence-corrected chi connectivity index (χ0v) is 14.4. The average molecular weight is 338 g/mol. The van der Waals surface area contributed by atoms with E-state index in [0.29, 0.717) is 13.2 Å². The number of hydrogen-bond donors (Lipinski definition) is 0. The molecule has 25 heavy (non-hydrogen) atoms. The van der Waals surface area contributed by atoms with Crippen molar-refractivity contribution in [3.63, 3.8) is 0 Å². The minimum atomic E-state index is 0.0821. The molecule has 1 aromatic heterocycles. The third kappa shape index (κ3) is 3.20. The number of imidazole rings is 1. The summed E-state index contributed by atoms with van der Waals surface area (Å²) in [6.45, 7) is 2.07. The molecule has 1 atom stereocenters. The van der Waals surface area contributed by atoms with Crippen LogP contribution in [0.5, 0.6) is 11.5 Å². The van der Waals surface area contributed by atoms with Gasteiger partial charge in [-0.3, -0.25) is 0 Å². The van der Waals surface area contributed by atoms with Gasteiger partial charge in [0, 0.05) is 6.61 Å². The second-order valence-corrected chi connectivity index (χ2v) is 6.11. The lowest BCUT2D eigenvalue weighted by molar-refractivity contribution is 0.101. The molecule has 5 nitrogen and oxygen atoms in total. The molecule has 0 amide bonds. The van der Waals surface area contributed by atoms with Gasteiger partial charge in [0.15, 0.2) is 11.5 Å². The highest BCUT2D eigenvalue weighted by atomic mass is 16.5. The highest BCUT2D eigenvalue weighted by molar-refractivity contribution is 5.76. The topological polar surface area (TPSA) is 45.5 Å². The molecule has 1 unspecified atom stereocenters. The predicted molar refractivity (Wildman–Crippen MR) is 96.1 cm³/mol. The third-order valence-electron chi connectivity index (χ3n) is 4.54. The SMILES string of the molecule is COc1ccccc1OCCn1c(C2CCCO2)nc2ccccc21. The zero-order valence-electron chi connectivity index (χ0n) is 14.4. The third-order valence-corrected chi connectivity index (χ3v) is 4.54. The highest BCUT2D eigenvalue weighted by Gasteiger charge is 2.24. The van der Waals surface area contributed by atoms with Crippen molar-refractivity contribution in [3.8, 4) is 11.5 Å². The normalized spacial score (nSPS) is 17.1. The van der Waals surface area contributed by atoms with Crippen LogP contribution in [0.15, 0.2) is 48.5 Å². The van der Waals surface area contributed by atoms with Crippen molar-refractivity contribution >= 4 is 11.0 Å². The van der Waals surface area contributed by atoms with E-state index in [1.165, 1.54) is 0 Å². The van der Waals surface area contributed by atoms with Crippen LogP contribution in [0.4, 0.5) is 0 Å². The summed E-state index contributed by atoms with van der Waals surface area (Å²) in [7, 11) is 1.65. The summed E-state index contributed by atoms with van der Waals surface area (Å²) in [5.74, 6) is 2.51. The van der Waals surface area contributed by atoms with Crippen molar-refractivity contribution in [1.82, 2.24) is 9.55 Å². The van der Waals surface area contributed by atoms with Gasteiger partial charge < -0.3 is 18.8 Å². The second kappa shape index (κ2) is 7.15. The van der Waals surface area contributed by atoms with Crippen LogP contribution in [-0.4, -0.2) is 29.9 Å². The van der Waals surface area contributed by atoms with Crippen molar-refractivity contribution in [2.75, 3.05) is 20.3 Å². The number of rotatable bonds is 6. The molecule has 3 aromatic rings. The molecule has 1 aliphatic heterocycles. The molecule has 0 saturated carbocycles. The number of hydrogen-bond acceptors (Lipinski definition) is 4. The van der Waals surface area contributed by atoms with Gasteiger partial charge in [-0.15, -0.1) is 0 Å². The number of benzene rings is 2. The van der Waals surface area contributed by atoms with Gasteiger partial charge >= 0.3 is 0 Å². The van der Waals surface area contributed by atoms with E-state index in [1.807, 2.05) is 42.5 Å². The molecule has 1 aliphatic rings. The summed E-state index contributed by atoms with van der Waals surface area (Å²) < 4.78 is 19.4. The Morgan fingerprint density at radius 3 is 2.72 bits per heavy atom. The summed E-state index contributed by atoms with van der Waals surface area (Å²) >= 11 is 0. The lowest BCUT2D eigenvalue weighted by Crippen LogP contribution is -2.14. The summed E-state index contributed by atoms with van der Waals surface area (Å²) in [5.41, 5.74) is 2.13. The van der Waals surface area contributed by atoms with Crippen LogP contribution in [0, 0.1) is 0 Å². The number of ether oxygens (including phenoxy) is 3. The van der Waals surface area contributed by atoms with Crippen molar-refractivity contribution in [2.24, 2.45) is 0 Å². The van der Waals surface area contributed by atoms with E-state index < -0.39 is 0 Å². The molecule has 0 N–H and O–H groups in total. The Hall–Kier alpha value is -2.53. The quantitative estimate of drug-likeness (QED) is 0.682. The van der Waals surface area contributed by atoms with Crippen LogP contribution >= 0.6 is 0 Å². The highest BCUT2D eigenvalue weighted by Crippen LogP contribution is 2.31. The molecular formula is C20H22N2O3. The first-order chi connectivity index (χ1) is 12.4. The van der Waals surface area contributed by atoms with E-state index in [9.17, 15) is 0 Å². The molecule has 1 fully saturated rings. The zero-order chi connectivity index (χ0) is 17.1. The van der Waals surface area contributed by atoms with Gasteiger partial charge in [-0.25, -0.2) is 4.98 Å². The fourth-order valence-corrected chi connectivity index (χ4v) is 3.34. The van der Waals surface area contributed by atoms with Crippen LogP contribution in [0.3, 0.4) is 0 Å². The Balaban J connectivity index is 1.56. The number of nitrogens with zero attached hydrogens (tertiary/aromatic N) is 2. The molecule has 130 valence electrons. The largest absolute Gasteiger partial charge is 0.493 e. The molecule has 2 heterocycles. The van der Waals surface area contributed by atoms with Gasteiger partial charge in [0.2, 0.25) is 0 Å². The molecule has 2 aromatic carbocycles. The first kappa shape index (κ1) is 16.0. The monoisotopic (exact) mass is 338 g/mol. The number of fused-ring (bicyclic) bond motifs is 1. The summed E-state index contributed by atoms with van der Waals surface area (Å²) in [4.78, 5) is 4.81. The van der Waals surface area contributed by atoms with E-state index in [-0.39, 0.29) is 6.10 Å². The van der Waals surface area contributed by atoms with Crippen molar-refractivity contribution in [3.05, 3.63) is 54.4 Å². The Bertz CT molecular complexity index is 853. The first-order valence-corrected chi connectivity index (χ1v) is 8.69. The van der Waals surface area contributed by atoms with Crippen LogP contribution in [-0.2, 0) is 11.3 Å². The number of aromatic nitrogens is 2. The second-order valence-electron chi connectivity index (χ2n) is 6.11. The maximum Gasteiger partial charge on any atom is 0.161 e. The molecule has 0 radical (unpaired) electrons. The van der Waals surface area contributed by atoms with Crippen LogP contribution in [0.1, 0.15) is 24.8 Å². The molecule has 1 saturated heterocycles. The molecular weight excluding hydrogens is 316 g/mol. The van der Waals surface area contributed by atoms with Crippen LogP contribution in [0.2, 0.25) is 0 Å². The molecule has 5 heteroatoms. The molecule has 0 bridgehead atoms. The number of methoxy groups -OCH3 is 1. The summed E-state index contributed by atoms with van der Waals surface area (Å²) in [6.07, 6.45) is 2.20. The van der Waals surface area contributed by atoms with E-state index in [2.05, 4.69) is 10.6 Å². The predicted octanol–water partition coefficient (Wildman–Crippen LogP) is 3.98. The fraction of sp³-hybridized carbons (Fsp3) is 0.350. The minimum absolute atomic E-state index is 0.0821.